The average molecular weight is 250 g/mol. The van der Waals surface area contributed by atoms with E-state index in [1.54, 1.807) is 11.8 Å². The Kier molecular flexibility index (Phi) is 5.10. The largest absolute Gasteiger partial charge is 0.312 e. The Morgan fingerprint density at radius 1 is 1.36 bits per heavy atom. The summed E-state index contributed by atoms with van der Waals surface area (Å²) in [6.07, 6.45) is 2.09. The number of hydrogen-bond acceptors (Lipinski definition) is 2. The minimum atomic E-state index is 0.333. The average Bonchev–Trinajstić information content (AvgIpc) is 2.19. The van der Waals surface area contributed by atoms with Crippen LogP contribution in [0.1, 0.15) is 11.6 Å². The number of halogens is 2. The quantitative estimate of drug-likeness (QED) is 0.875. The van der Waals surface area contributed by atoms with E-state index in [0.29, 0.717) is 16.1 Å². The molecule has 0 saturated heterocycles. The minimum Gasteiger partial charge on any atom is -0.312 e. The number of hydrogen-bond donors (Lipinski definition) is 1. The van der Waals surface area contributed by atoms with Gasteiger partial charge in [0, 0.05) is 11.8 Å². The Labute approximate surface area is 99.2 Å². The predicted molar refractivity (Wildman–Crippen MR) is 66.6 cm³/mol. The Morgan fingerprint density at radius 2 is 2.07 bits per heavy atom. The third-order valence-electron chi connectivity index (χ3n) is 2.03. The first kappa shape index (κ1) is 12.2. The minimum absolute atomic E-state index is 0.333. The Morgan fingerprint density at radius 3 is 2.57 bits per heavy atom. The highest BCUT2D eigenvalue weighted by atomic mass is 35.5. The first-order valence-electron chi connectivity index (χ1n) is 4.30. The molecule has 1 nitrogen and oxygen atoms in total. The lowest BCUT2D eigenvalue weighted by Crippen LogP contribution is -2.18. The summed E-state index contributed by atoms with van der Waals surface area (Å²) in [4.78, 5) is 0. The first-order valence-corrected chi connectivity index (χ1v) is 6.45. The van der Waals surface area contributed by atoms with E-state index in [-0.39, 0.29) is 0 Å². The van der Waals surface area contributed by atoms with Crippen molar-refractivity contribution in [2.45, 2.75) is 6.04 Å². The van der Waals surface area contributed by atoms with Gasteiger partial charge in [-0.05, 0) is 31.0 Å². The van der Waals surface area contributed by atoms with Crippen molar-refractivity contribution in [1.82, 2.24) is 5.32 Å². The van der Waals surface area contributed by atoms with Gasteiger partial charge in [-0.25, -0.2) is 0 Å². The van der Waals surface area contributed by atoms with Crippen LogP contribution in [0.3, 0.4) is 0 Å². The van der Waals surface area contributed by atoms with Crippen molar-refractivity contribution < 1.29 is 0 Å². The van der Waals surface area contributed by atoms with E-state index < -0.39 is 0 Å². The van der Waals surface area contributed by atoms with Gasteiger partial charge < -0.3 is 5.32 Å². The molecule has 0 amide bonds. The van der Waals surface area contributed by atoms with E-state index in [4.69, 9.17) is 23.2 Å². The van der Waals surface area contributed by atoms with E-state index in [1.165, 1.54) is 5.56 Å². The van der Waals surface area contributed by atoms with E-state index in [0.717, 1.165) is 5.75 Å². The highest BCUT2D eigenvalue weighted by Gasteiger charge is 2.09. The molecule has 0 aliphatic rings. The molecule has 0 aromatic heterocycles. The summed E-state index contributed by atoms with van der Waals surface area (Å²) in [5.41, 5.74) is 1.18. The molecule has 14 heavy (non-hydrogen) atoms. The van der Waals surface area contributed by atoms with Gasteiger partial charge in [-0.1, -0.05) is 29.3 Å². The van der Waals surface area contributed by atoms with Gasteiger partial charge in [0.1, 0.15) is 0 Å². The standard InChI is InChI=1S/C10H13Cl2NS/c1-13-10(6-14-2)7-3-4-8(11)9(12)5-7/h3-5,10,13H,6H2,1-2H3. The van der Waals surface area contributed by atoms with Crippen LogP contribution in [0.15, 0.2) is 18.2 Å². The molecule has 0 spiro atoms. The van der Waals surface area contributed by atoms with Crippen molar-refractivity contribution in [3.05, 3.63) is 33.8 Å². The normalized spacial score (nSPS) is 12.9. The van der Waals surface area contributed by atoms with Gasteiger partial charge >= 0.3 is 0 Å². The third kappa shape index (κ3) is 3.06. The smallest absolute Gasteiger partial charge is 0.0595 e. The molecule has 4 heteroatoms. The maximum absolute atomic E-state index is 5.95. The molecule has 1 aromatic carbocycles. The van der Waals surface area contributed by atoms with Crippen molar-refractivity contribution in [2.24, 2.45) is 0 Å². The van der Waals surface area contributed by atoms with Gasteiger partial charge in [-0.2, -0.15) is 11.8 Å². The third-order valence-corrected chi connectivity index (χ3v) is 3.43. The van der Waals surface area contributed by atoms with Crippen molar-refractivity contribution >= 4 is 35.0 Å². The molecule has 0 saturated carbocycles. The van der Waals surface area contributed by atoms with Crippen molar-refractivity contribution in [1.29, 1.82) is 0 Å². The van der Waals surface area contributed by atoms with Crippen LogP contribution in [0, 0.1) is 0 Å². The molecule has 0 radical (unpaired) electrons. The van der Waals surface area contributed by atoms with Crippen molar-refractivity contribution in [2.75, 3.05) is 19.1 Å². The van der Waals surface area contributed by atoms with Gasteiger partial charge in [-0.15, -0.1) is 0 Å². The second kappa shape index (κ2) is 5.86. The van der Waals surface area contributed by atoms with Crippen molar-refractivity contribution in [3.63, 3.8) is 0 Å². The summed E-state index contributed by atoms with van der Waals surface area (Å²) in [5, 5.41) is 4.47. The summed E-state index contributed by atoms with van der Waals surface area (Å²) in [5.74, 6) is 1.02. The van der Waals surface area contributed by atoms with Gasteiger partial charge in [0.05, 0.1) is 10.0 Å². The lowest BCUT2D eigenvalue weighted by Gasteiger charge is -2.15. The second-order valence-electron chi connectivity index (χ2n) is 2.97. The zero-order valence-electron chi connectivity index (χ0n) is 8.18. The topological polar surface area (TPSA) is 12.0 Å². The maximum Gasteiger partial charge on any atom is 0.0595 e. The summed E-state index contributed by atoms with van der Waals surface area (Å²) in [6.45, 7) is 0. The van der Waals surface area contributed by atoms with Crippen LogP contribution >= 0.6 is 35.0 Å². The molecule has 1 N–H and O–H groups in total. The Hall–Kier alpha value is 0.110. The lowest BCUT2D eigenvalue weighted by atomic mass is 10.1. The molecule has 1 aromatic rings. The van der Waals surface area contributed by atoms with E-state index in [1.807, 2.05) is 25.2 Å². The molecule has 0 aliphatic carbocycles. The highest BCUT2D eigenvalue weighted by molar-refractivity contribution is 7.98. The van der Waals surface area contributed by atoms with Crippen LogP contribution in [-0.2, 0) is 0 Å². The second-order valence-corrected chi connectivity index (χ2v) is 4.70. The summed E-state index contributed by atoms with van der Waals surface area (Å²) in [7, 11) is 1.95. The fraction of sp³-hybridized carbons (Fsp3) is 0.400. The molecule has 0 fully saturated rings. The van der Waals surface area contributed by atoms with Crippen molar-refractivity contribution in [3.8, 4) is 0 Å². The molecular formula is C10H13Cl2NS. The van der Waals surface area contributed by atoms with E-state index in [2.05, 4.69) is 11.6 Å². The molecule has 1 atom stereocenters. The predicted octanol–water partition coefficient (Wildman–Crippen LogP) is 3.62. The number of thioether (sulfide) groups is 1. The van der Waals surface area contributed by atoms with Crippen LogP contribution in [0.2, 0.25) is 10.0 Å². The molecular weight excluding hydrogens is 237 g/mol. The SMILES string of the molecule is CNC(CSC)c1ccc(Cl)c(Cl)c1. The van der Waals surface area contributed by atoms with E-state index in [9.17, 15) is 0 Å². The zero-order valence-corrected chi connectivity index (χ0v) is 10.5. The van der Waals surface area contributed by atoms with Crippen LogP contribution in [0.4, 0.5) is 0 Å². The number of nitrogens with one attached hydrogen (secondary N) is 1. The highest BCUT2D eigenvalue weighted by Crippen LogP contribution is 2.26. The Bertz CT molecular complexity index is 304. The fourth-order valence-electron chi connectivity index (χ4n) is 1.24. The number of benzene rings is 1. The van der Waals surface area contributed by atoms with Gasteiger partial charge in [0.2, 0.25) is 0 Å². The van der Waals surface area contributed by atoms with Gasteiger partial charge in [-0.3, -0.25) is 0 Å². The zero-order chi connectivity index (χ0) is 10.6. The first-order chi connectivity index (χ1) is 6.69. The number of rotatable bonds is 4. The van der Waals surface area contributed by atoms with E-state index >= 15 is 0 Å². The van der Waals surface area contributed by atoms with Crippen LogP contribution in [-0.4, -0.2) is 19.1 Å². The lowest BCUT2D eigenvalue weighted by molar-refractivity contribution is 0.662. The van der Waals surface area contributed by atoms with Gasteiger partial charge in [0.15, 0.2) is 0 Å². The van der Waals surface area contributed by atoms with Crippen LogP contribution in [0.5, 0.6) is 0 Å². The Balaban J connectivity index is 2.88. The van der Waals surface area contributed by atoms with Crippen LogP contribution in [0.25, 0.3) is 0 Å². The molecule has 0 aliphatic heterocycles. The van der Waals surface area contributed by atoms with Crippen LogP contribution < -0.4 is 5.32 Å². The molecule has 0 bridgehead atoms. The molecule has 1 unspecified atom stereocenters. The van der Waals surface area contributed by atoms with Gasteiger partial charge in [0.25, 0.3) is 0 Å². The monoisotopic (exact) mass is 249 g/mol. The maximum atomic E-state index is 5.95. The molecule has 0 heterocycles. The molecule has 1 rings (SSSR count). The fourth-order valence-corrected chi connectivity index (χ4v) is 2.24. The summed E-state index contributed by atoms with van der Waals surface area (Å²) >= 11 is 13.6. The molecule has 78 valence electrons. The summed E-state index contributed by atoms with van der Waals surface area (Å²) < 4.78 is 0. The summed E-state index contributed by atoms with van der Waals surface area (Å²) in [6, 6.07) is 6.09.